The first-order chi connectivity index (χ1) is 15.2. The van der Waals surface area contributed by atoms with E-state index in [2.05, 4.69) is 12.1 Å². The molecule has 0 saturated carbocycles. The molecule has 4 aromatic rings. The van der Waals surface area contributed by atoms with Gasteiger partial charge in [0.05, 0.1) is 29.8 Å². The van der Waals surface area contributed by atoms with E-state index in [9.17, 15) is 4.79 Å². The average molecular weight is 410 g/mol. The third-order valence-electron chi connectivity index (χ3n) is 5.68. The molecule has 6 heteroatoms. The number of rotatable bonds is 4. The van der Waals surface area contributed by atoms with Crippen molar-refractivity contribution in [3.05, 3.63) is 100 Å². The zero-order valence-electron chi connectivity index (χ0n) is 17.4. The van der Waals surface area contributed by atoms with Crippen molar-refractivity contribution in [3.8, 4) is 5.75 Å². The van der Waals surface area contributed by atoms with Crippen molar-refractivity contribution in [2.24, 2.45) is 12.1 Å². The number of aromatic nitrogens is 2. The number of hydrogen-bond donors (Lipinski definition) is 0. The summed E-state index contributed by atoms with van der Waals surface area (Å²) in [4.78, 5) is 17.8. The number of para-hydroxylation sites is 1. The fraction of sp³-hybridized carbons (Fsp3) is 0.160. The molecule has 0 radical (unpaired) electrons. The Bertz CT molecular complexity index is 1330. The number of methoxy groups -OCH3 is 1. The van der Waals surface area contributed by atoms with Crippen LogP contribution in [-0.4, -0.2) is 22.4 Å². The van der Waals surface area contributed by atoms with E-state index in [1.165, 1.54) is 0 Å². The van der Waals surface area contributed by atoms with Gasteiger partial charge in [0.15, 0.2) is 0 Å². The zero-order valence-corrected chi connectivity index (χ0v) is 17.4. The first-order valence-electron chi connectivity index (χ1n) is 10.2. The third-order valence-corrected chi connectivity index (χ3v) is 5.68. The van der Waals surface area contributed by atoms with Crippen LogP contribution in [0.3, 0.4) is 0 Å². The van der Waals surface area contributed by atoms with Crippen molar-refractivity contribution >= 4 is 22.6 Å². The van der Waals surface area contributed by atoms with E-state index < -0.39 is 0 Å². The molecule has 3 aromatic carbocycles. The molecule has 1 aromatic heterocycles. The summed E-state index contributed by atoms with van der Waals surface area (Å²) in [5.74, 6) is 1.32. The maximum absolute atomic E-state index is 13.0. The molecule has 0 spiro atoms. The third kappa shape index (κ3) is 3.36. The first-order valence-corrected chi connectivity index (χ1v) is 10.2. The lowest BCUT2D eigenvalue weighted by Crippen LogP contribution is -2.29. The molecule has 1 aliphatic rings. The fourth-order valence-corrected chi connectivity index (χ4v) is 4.00. The predicted molar refractivity (Wildman–Crippen MR) is 123 cm³/mol. The lowest BCUT2D eigenvalue weighted by molar-refractivity contribution is 0.414. The minimum absolute atomic E-state index is 0.0830. The van der Waals surface area contributed by atoms with Crippen molar-refractivity contribution in [3.63, 3.8) is 0 Å². The van der Waals surface area contributed by atoms with E-state index in [0.717, 1.165) is 22.6 Å². The van der Waals surface area contributed by atoms with Gasteiger partial charge in [0.1, 0.15) is 5.75 Å². The normalized spacial score (nSPS) is 15.9. The van der Waals surface area contributed by atoms with E-state index in [0.29, 0.717) is 23.3 Å². The van der Waals surface area contributed by atoms with Gasteiger partial charge in [0.25, 0.3) is 5.56 Å². The molecule has 1 unspecified atom stereocenters. The maximum atomic E-state index is 13.0. The Balaban J connectivity index is 1.66. The number of hydrogen-bond acceptors (Lipinski definition) is 5. The highest BCUT2D eigenvalue weighted by Crippen LogP contribution is 2.36. The van der Waals surface area contributed by atoms with Gasteiger partial charge in [0.2, 0.25) is 5.95 Å². The summed E-state index contributed by atoms with van der Waals surface area (Å²) in [6.07, 6.45) is 0.707. The number of fused-ring (bicyclic) bond motifs is 1. The van der Waals surface area contributed by atoms with Crippen molar-refractivity contribution in [1.82, 2.24) is 9.55 Å². The van der Waals surface area contributed by atoms with Gasteiger partial charge in [-0.25, -0.2) is 9.99 Å². The van der Waals surface area contributed by atoms with Crippen LogP contribution in [0.1, 0.15) is 23.6 Å². The molecule has 31 heavy (non-hydrogen) atoms. The van der Waals surface area contributed by atoms with Gasteiger partial charge in [0, 0.05) is 13.5 Å². The van der Waals surface area contributed by atoms with Crippen LogP contribution >= 0.6 is 0 Å². The fourth-order valence-electron chi connectivity index (χ4n) is 4.00. The highest BCUT2D eigenvalue weighted by Gasteiger charge is 2.32. The molecule has 0 N–H and O–H groups in total. The molecule has 0 amide bonds. The monoisotopic (exact) mass is 410 g/mol. The minimum Gasteiger partial charge on any atom is -0.497 e. The van der Waals surface area contributed by atoms with Gasteiger partial charge < -0.3 is 4.74 Å². The summed E-state index contributed by atoms with van der Waals surface area (Å²) in [7, 11) is 3.40. The molecule has 154 valence electrons. The molecular formula is C25H22N4O2. The second-order valence-corrected chi connectivity index (χ2v) is 7.54. The highest BCUT2D eigenvalue weighted by molar-refractivity contribution is 6.03. The van der Waals surface area contributed by atoms with Crippen molar-refractivity contribution in [2.45, 2.75) is 12.5 Å². The van der Waals surface area contributed by atoms with Crippen LogP contribution in [0.15, 0.2) is 88.8 Å². The molecule has 0 saturated heterocycles. The lowest BCUT2D eigenvalue weighted by atomic mass is 9.98. The summed E-state index contributed by atoms with van der Waals surface area (Å²) in [5.41, 5.74) is 3.69. The molecule has 0 bridgehead atoms. The van der Waals surface area contributed by atoms with Crippen LogP contribution in [-0.2, 0) is 7.05 Å². The second kappa shape index (κ2) is 7.72. The molecule has 1 aliphatic heterocycles. The van der Waals surface area contributed by atoms with Crippen LogP contribution in [0.4, 0.5) is 5.95 Å². The van der Waals surface area contributed by atoms with Gasteiger partial charge in [-0.3, -0.25) is 9.36 Å². The van der Waals surface area contributed by atoms with Crippen molar-refractivity contribution < 1.29 is 4.74 Å². The molecule has 2 heterocycles. The van der Waals surface area contributed by atoms with E-state index >= 15 is 0 Å². The Labute approximate surface area is 180 Å². The maximum Gasteiger partial charge on any atom is 0.262 e. The smallest absolute Gasteiger partial charge is 0.262 e. The minimum atomic E-state index is -0.0857. The number of benzene rings is 3. The first kappa shape index (κ1) is 19.1. The van der Waals surface area contributed by atoms with Crippen LogP contribution in [0.5, 0.6) is 5.75 Å². The average Bonchev–Trinajstić information content (AvgIpc) is 3.27. The van der Waals surface area contributed by atoms with Crippen LogP contribution < -0.4 is 15.3 Å². The summed E-state index contributed by atoms with van der Waals surface area (Å²) in [6.45, 7) is 0. The molecular weight excluding hydrogens is 388 g/mol. The SMILES string of the molecule is COc1ccc(C2CC(c3ccccc3)=NN2c2nc3ccccc3c(=O)n2C)cc1. The van der Waals surface area contributed by atoms with Crippen molar-refractivity contribution in [2.75, 3.05) is 12.1 Å². The van der Waals surface area contributed by atoms with Gasteiger partial charge in [-0.2, -0.15) is 5.10 Å². The quantitative estimate of drug-likeness (QED) is 0.503. The van der Waals surface area contributed by atoms with E-state index in [-0.39, 0.29) is 11.6 Å². The lowest BCUT2D eigenvalue weighted by Gasteiger charge is -2.24. The molecule has 6 nitrogen and oxygen atoms in total. The van der Waals surface area contributed by atoms with Crippen LogP contribution in [0, 0.1) is 0 Å². The summed E-state index contributed by atoms with van der Waals surface area (Å²) in [6, 6.07) is 25.4. The van der Waals surface area contributed by atoms with Crippen molar-refractivity contribution in [1.29, 1.82) is 0 Å². The van der Waals surface area contributed by atoms with Crippen LogP contribution in [0.2, 0.25) is 0 Å². The number of nitrogens with zero attached hydrogens (tertiary/aromatic N) is 4. The molecule has 1 atom stereocenters. The standard InChI is InChI=1S/C25H22N4O2/c1-28-24(30)20-10-6-7-11-21(20)26-25(28)29-23(18-12-14-19(31-2)15-13-18)16-22(27-29)17-8-4-3-5-9-17/h3-15,23H,16H2,1-2H3. The molecule has 5 rings (SSSR count). The second-order valence-electron chi connectivity index (χ2n) is 7.54. The van der Waals surface area contributed by atoms with Gasteiger partial charge >= 0.3 is 0 Å². The zero-order chi connectivity index (χ0) is 21.4. The number of ether oxygens (including phenoxy) is 1. The van der Waals surface area contributed by atoms with Crippen LogP contribution in [0.25, 0.3) is 10.9 Å². The Morgan fingerprint density at radius 3 is 2.39 bits per heavy atom. The van der Waals surface area contributed by atoms with Gasteiger partial charge in [-0.15, -0.1) is 0 Å². The Morgan fingerprint density at radius 2 is 1.65 bits per heavy atom. The van der Waals surface area contributed by atoms with E-state index in [1.54, 1.807) is 24.8 Å². The topological polar surface area (TPSA) is 59.7 Å². The number of hydrazone groups is 1. The summed E-state index contributed by atoms with van der Waals surface area (Å²) < 4.78 is 6.90. The Hall–Kier alpha value is -3.93. The Morgan fingerprint density at radius 1 is 0.935 bits per heavy atom. The number of anilines is 1. The predicted octanol–water partition coefficient (Wildman–Crippen LogP) is 4.30. The Kier molecular flexibility index (Phi) is 4.75. The summed E-state index contributed by atoms with van der Waals surface area (Å²) >= 11 is 0. The van der Waals surface area contributed by atoms with E-state index in [1.807, 2.05) is 65.7 Å². The largest absolute Gasteiger partial charge is 0.497 e. The molecule has 0 fully saturated rings. The molecule has 0 aliphatic carbocycles. The van der Waals surface area contributed by atoms with Gasteiger partial charge in [-0.1, -0.05) is 54.6 Å². The van der Waals surface area contributed by atoms with E-state index in [4.69, 9.17) is 14.8 Å². The van der Waals surface area contributed by atoms with Gasteiger partial charge in [-0.05, 0) is 35.4 Å². The highest BCUT2D eigenvalue weighted by atomic mass is 16.5. The summed E-state index contributed by atoms with van der Waals surface area (Å²) in [5, 5.41) is 7.41.